The van der Waals surface area contributed by atoms with Gasteiger partial charge < -0.3 is 10.6 Å². The Morgan fingerprint density at radius 1 is 1.08 bits per heavy atom. The summed E-state index contributed by atoms with van der Waals surface area (Å²) in [5.41, 5.74) is 2.66. The second-order valence-electron chi connectivity index (χ2n) is 7.09. The van der Waals surface area contributed by atoms with E-state index in [0.717, 1.165) is 36.7 Å². The lowest BCUT2D eigenvalue weighted by atomic mass is 9.94. The molecule has 1 saturated heterocycles. The third-order valence-corrected chi connectivity index (χ3v) is 5.13. The van der Waals surface area contributed by atoms with Crippen LogP contribution in [0.3, 0.4) is 0 Å². The zero-order valence-corrected chi connectivity index (χ0v) is 15.4. The van der Waals surface area contributed by atoms with Crippen molar-refractivity contribution in [3.8, 4) is 11.3 Å². The van der Waals surface area contributed by atoms with Gasteiger partial charge in [0, 0.05) is 23.9 Å². The van der Waals surface area contributed by atoms with E-state index in [1.165, 1.54) is 38.6 Å². The van der Waals surface area contributed by atoms with Crippen molar-refractivity contribution in [2.45, 2.75) is 38.5 Å². The number of nitrogens with zero attached hydrogens (tertiary/aromatic N) is 1. The van der Waals surface area contributed by atoms with Gasteiger partial charge in [0.25, 0.3) is 5.91 Å². The molecule has 0 spiro atoms. The Kier molecular flexibility index (Phi) is 7.20. The summed E-state index contributed by atoms with van der Waals surface area (Å²) in [6.07, 6.45) is 9.27. The first-order valence-corrected chi connectivity index (χ1v) is 9.83. The number of carbonyl (C=O) groups is 1. The number of amides is 1. The molecule has 26 heavy (non-hydrogen) atoms. The molecule has 2 heterocycles. The van der Waals surface area contributed by atoms with Crippen LogP contribution >= 0.6 is 0 Å². The van der Waals surface area contributed by atoms with E-state index in [2.05, 4.69) is 15.6 Å². The first-order valence-electron chi connectivity index (χ1n) is 9.83. The van der Waals surface area contributed by atoms with Gasteiger partial charge in [-0.2, -0.15) is 0 Å². The van der Waals surface area contributed by atoms with Crippen LogP contribution in [0.4, 0.5) is 0 Å². The third kappa shape index (κ3) is 5.67. The highest BCUT2D eigenvalue weighted by Crippen LogP contribution is 2.20. The molecule has 138 valence electrons. The fourth-order valence-electron chi connectivity index (χ4n) is 3.57. The van der Waals surface area contributed by atoms with Crippen LogP contribution in [0.2, 0.25) is 0 Å². The maximum absolute atomic E-state index is 12.3. The Hall–Kier alpha value is -2.20. The standard InChI is InChI=1S/C22H29N3O/c26-22(25-16-3-1-6-18-7-5-14-23-17-13-18)20-11-9-19(10-12-20)21-8-2-4-15-24-21/h2,4,8-12,15,18,23H,1,3,5-7,13-14,16-17H2,(H,25,26). The lowest BCUT2D eigenvalue weighted by molar-refractivity contribution is 0.0953. The van der Waals surface area contributed by atoms with Crippen molar-refractivity contribution in [1.82, 2.24) is 15.6 Å². The van der Waals surface area contributed by atoms with Gasteiger partial charge in [-0.15, -0.1) is 0 Å². The van der Waals surface area contributed by atoms with Crippen LogP contribution in [0, 0.1) is 5.92 Å². The topological polar surface area (TPSA) is 54.0 Å². The zero-order chi connectivity index (χ0) is 18.0. The molecular formula is C22H29N3O. The van der Waals surface area contributed by atoms with Crippen molar-refractivity contribution in [3.63, 3.8) is 0 Å². The average Bonchev–Trinajstić information content (AvgIpc) is 2.97. The Bertz CT molecular complexity index is 662. The van der Waals surface area contributed by atoms with Gasteiger partial charge in [0.05, 0.1) is 5.69 Å². The van der Waals surface area contributed by atoms with E-state index in [0.29, 0.717) is 5.56 Å². The molecule has 1 aromatic heterocycles. The molecule has 1 aromatic carbocycles. The van der Waals surface area contributed by atoms with E-state index < -0.39 is 0 Å². The minimum Gasteiger partial charge on any atom is -0.352 e. The van der Waals surface area contributed by atoms with E-state index in [9.17, 15) is 4.79 Å². The molecule has 4 nitrogen and oxygen atoms in total. The molecule has 1 unspecified atom stereocenters. The monoisotopic (exact) mass is 351 g/mol. The second-order valence-corrected chi connectivity index (χ2v) is 7.09. The highest BCUT2D eigenvalue weighted by molar-refractivity contribution is 5.94. The van der Waals surface area contributed by atoms with Gasteiger partial charge in [0.15, 0.2) is 0 Å². The highest BCUT2D eigenvalue weighted by Gasteiger charge is 2.11. The van der Waals surface area contributed by atoms with Crippen LogP contribution in [0.15, 0.2) is 48.7 Å². The predicted octanol–water partition coefficient (Wildman–Crippen LogP) is 4.04. The minimum absolute atomic E-state index is 0.0104. The first kappa shape index (κ1) is 18.6. The van der Waals surface area contributed by atoms with Crippen molar-refractivity contribution >= 4 is 5.91 Å². The van der Waals surface area contributed by atoms with Crippen molar-refractivity contribution in [2.75, 3.05) is 19.6 Å². The Labute approximate surface area is 156 Å². The minimum atomic E-state index is 0.0104. The Morgan fingerprint density at radius 2 is 1.96 bits per heavy atom. The van der Waals surface area contributed by atoms with E-state index in [1.54, 1.807) is 6.20 Å². The maximum atomic E-state index is 12.3. The number of unbranched alkanes of at least 4 members (excludes halogenated alkanes) is 1. The van der Waals surface area contributed by atoms with Gasteiger partial charge in [0.1, 0.15) is 0 Å². The molecule has 2 aromatic rings. The summed E-state index contributed by atoms with van der Waals surface area (Å²) in [7, 11) is 0. The number of rotatable bonds is 7. The van der Waals surface area contributed by atoms with Crippen LogP contribution in [0.5, 0.6) is 0 Å². The predicted molar refractivity (Wildman–Crippen MR) is 106 cm³/mol. The molecule has 1 aliphatic heterocycles. The van der Waals surface area contributed by atoms with Gasteiger partial charge in [-0.05, 0) is 69.0 Å². The van der Waals surface area contributed by atoms with E-state index in [1.807, 2.05) is 42.5 Å². The normalized spacial score (nSPS) is 17.5. The number of aromatic nitrogens is 1. The van der Waals surface area contributed by atoms with Gasteiger partial charge in [0.2, 0.25) is 0 Å². The highest BCUT2D eigenvalue weighted by atomic mass is 16.1. The molecule has 1 atom stereocenters. The summed E-state index contributed by atoms with van der Waals surface area (Å²) in [6, 6.07) is 13.5. The largest absolute Gasteiger partial charge is 0.352 e. The van der Waals surface area contributed by atoms with E-state index in [-0.39, 0.29) is 5.91 Å². The SMILES string of the molecule is O=C(NCCCCC1CCCNCC1)c1ccc(-c2ccccn2)cc1. The van der Waals surface area contributed by atoms with Gasteiger partial charge >= 0.3 is 0 Å². The van der Waals surface area contributed by atoms with Crippen LogP contribution in [0.25, 0.3) is 11.3 Å². The summed E-state index contributed by atoms with van der Waals surface area (Å²) >= 11 is 0. The molecule has 1 aliphatic rings. The number of nitrogens with one attached hydrogen (secondary N) is 2. The number of carbonyl (C=O) groups excluding carboxylic acids is 1. The number of hydrogen-bond donors (Lipinski definition) is 2. The number of benzene rings is 1. The summed E-state index contributed by atoms with van der Waals surface area (Å²) in [6.45, 7) is 3.09. The van der Waals surface area contributed by atoms with Crippen LogP contribution in [-0.2, 0) is 0 Å². The Morgan fingerprint density at radius 3 is 2.77 bits per heavy atom. The summed E-state index contributed by atoms with van der Waals surface area (Å²) in [4.78, 5) is 16.6. The summed E-state index contributed by atoms with van der Waals surface area (Å²) in [5, 5.41) is 6.51. The molecule has 1 amide bonds. The lowest BCUT2D eigenvalue weighted by Gasteiger charge is -2.13. The molecule has 0 aliphatic carbocycles. The van der Waals surface area contributed by atoms with Gasteiger partial charge in [-0.3, -0.25) is 9.78 Å². The quantitative estimate of drug-likeness (QED) is 0.740. The molecule has 0 bridgehead atoms. The fraction of sp³-hybridized carbons (Fsp3) is 0.455. The summed E-state index contributed by atoms with van der Waals surface area (Å²) in [5.74, 6) is 0.871. The average molecular weight is 351 g/mol. The first-order chi connectivity index (χ1) is 12.8. The van der Waals surface area contributed by atoms with Crippen molar-refractivity contribution in [1.29, 1.82) is 0 Å². The van der Waals surface area contributed by atoms with E-state index >= 15 is 0 Å². The van der Waals surface area contributed by atoms with Crippen molar-refractivity contribution in [3.05, 3.63) is 54.2 Å². The molecule has 0 radical (unpaired) electrons. The molecule has 2 N–H and O–H groups in total. The maximum Gasteiger partial charge on any atom is 0.251 e. The van der Waals surface area contributed by atoms with Crippen LogP contribution < -0.4 is 10.6 Å². The Balaban J connectivity index is 1.38. The number of pyridine rings is 1. The van der Waals surface area contributed by atoms with Crippen LogP contribution in [-0.4, -0.2) is 30.5 Å². The second kappa shape index (κ2) is 10.1. The molecular weight excluding hydrogens is 322 g/mol. The molecule has 1 fully saturated rings. The zero-order valence-electron chi connectivity index (χ0n) is 15.4. The molecule has 3 rings (SSSR count). The summed E-state index contributed by atoms with van der Waals surface area (Å²) < 4.78 is 0. The van der Waals surface area contributed by atoms with Crippen molar-refractivity contribution in [2.24, 2.45) is 5.92 Å². The van der Waals surface area contributed by atoms with E-state index in [4.69, 9.17) is 0 Å². The lowest BCUT2D eigenvalue weighted by Crippen LogP contribution is -2.24. The number of hydrogen-bond acceptors (Lipinski definition) is 3. The molecule has 0 saturated carbocycles. The van der Waals surface area contributed by atoms with Crippen molar-refractivity contribution < 1.29 is 4.79 Å². The smallest absolute Gasteiger partial charge is 0.251 e. The molecule has 4 heteroatoms. The van der Waals surface area contributed by atoms with Gasteiger partial charge in [-0.25, -0.2) is 0 Å². The fourth-order valence-corrected chi connectivity index (χ4v) is 3.57. The third-order valence-electron chi connectivity index (χ3n) is 5.13. The van der Waals surface area contributed by atoms with Crippen LogP contribution in [0.1, 0.15) is 48.9 Å². The van der Waals surface area contributed by atoms with Gasteiger partial charge in [-0.1, -0.05) is 31.0 Å².